The highest BCUT2D eigenvalue weighted by atomic mass is 16.5. The van der Waals surface area contributed by atoms with Crippen LogP contribution in [-0.2, 0) is 5.41 Å². The minimum atomic E-state index is 0.0579. The Bertz CT molecular complexity index is 402. The molecule has 0 bridgehead atoms. The summed E-state index contributed by atoms with van der Waals surface area (Å²) in [5, 5.41) is 0. The average Bonchev–Trinajstić information content (AvgIpc) is 2.43. The van der Waals surface area contributed by atoms with Crippen LogP contribution >= 0.6 is 0 Å². The Morgan fingerprint density at radius 1 is 1.00 bits per heavy atom. The zero-order valence-corrected chi connectivity index (χ0v) is 13.4. The average molecular weight is 279 g/mol. The van der Waals surface area contributed by atoms with E-state index in [1.165, 1.54) is 5.56 Å². The number of benzene rings is 1. The van der Waals surface area contributed by atoms with Gasteiger partial charge in [0.25, 0.3) is 0 Å². The topological polar surface area (TPSA) is 44.5 Å². The summed E-state index contributed by atoms with van der Waals surface area (Å²) in [6.07, 6.45) is 2.94. The summed E-state index contributed by atoms with van der Waals surface area (Å²) >= 11 is 0. The van der Waals surface area contributed by atoms with E-state index in [9.17, 15) is 0 Å². The van der Waals surface area contributed by atoms with Crippen molar-refractivity contribution in [3.05, 3.63) is 23.8 Å². The van der Waals surface area contributed by atoms with Crippen molar-refractivity contribution >= 4 is 0 Å². The summed E-state index contributed by atoms with van der Waals surface area (Å²) in [5.41, 5.74) is 7.02. The number of ether oxygens (including phenoxy) is 2. The second kappa shape index (κ2) is 8.15. The smallest absolute Gasteiger partial charge is 0.161 e. The van der Waals surface area contributed by atoms with Crippen LogP contribution in [0.3, 0.4) is 0 Å². The molecule has 3 heteroatoms. The van der Waals surface area contributed by atoms with Crippen molar-refractivity contribution in [1.82, 2.24) is 0 Å². The van der Waals surface area contributed by atoms with E-state index in [0.717, 1.165) is 30.8 Å². The van der Waals surface area contributed by atoms with Gasteiger partial charge in [0.2, 0.25) is 0 Å². The summed E-state index contributed by atoms with van der Waals surface area (Å²) in [4.78, 5) is 0. The van der Waals surface area contributed by atoms with Gasteiger partial charge in [0.1, 0.15) is 0 Å². The fourth-order valence-corrected chi connectivity index (χ4v) is 2.09. The Hall–Kier alpha value is -1.22. The molecule has 0 aromatic heterocycles. The van der Waals surface area contributed by atoms with Gasteiger partial charge < -0.3 is 15.2 Å². The molecule has 0 aliphatic heterocycles. The Kier molecular flexibility index (Phi) is 6.86. The molecule has 114 valence electrons. The molecule has 0 aliphatic rings. The van der Waals surface area contributed by atoms with E-state index in [-0.39, 0.29) is 5.41 Å². The molecule has 0 spiro atoms. The zero-order chi connectivity index (χ0) is 15.0. The number of rotatable bonds is 9. The van der Waals surface area contributed by atoms with Crippen molar-refractivity contribution in [3.8, 4) is 11.5 Å². The van der Waals surface area contributed by atoms with Gasteiger partial charge in [-0.2, -0.15) is 0 Å². The summed E-state index contributed by atoms with van der Waals surface area (Å²) in [6, 6.07) is 6.25. The molecule has 3 nitrogen and oxygen atoms in total. The third-order valence-electron chi connectivity index (χ3n) is 3.42. The number of nitrogens with two attached hydrogens (primary N) is 1. The third kappa shape index (κ3) is 4.71. The maximum Gasteiger partial charge on any atom is 0.161 e. The van der Waals surface area contributed by atoms with Crippen molar-refractivity contribution in [1.29, 1.82) is 0 Å². The van der Waals surface area contributed by atoms with Gasteiger partial charge in [-0.1, -0.05) is 33.8 Å². The van der Waals surface area contributed by atoms with E-state index < -0.39 is 0 Å². The highest BCUT2D eigenvalue weighted by Gasteiger charge is 2.21. The molecule has 20 heavy (non-hydrogen) atoms. The van der Waals surface area contributed by atoms with E-state index in [4.69, 9.17) is 15.2 Å². The molecule has 0 saturated heterocycles. The molecule has 1 aromatic carbocycles. The summed E-state index contributed by atoms with van der Waals surface area (Å²) in [7, 11) is 0. The molecule has 0 unspecified atom stereocenters. The Morgan fingerprint density at radius 2 is 1.60 bits per heavy atom. The third-order valence-corrected chi connectivity index (χ3v) is 3.42. The van der Waals surface area contributed by atoms with E-state index >= 15 is 0 Å². The van der Waals surface area contributed by atoms with Gasteiger partial charge in [0.15, 0.2) is 11.5 Å². The standard InChI is InChI=1S/C17H29NO2/c1-5-11-19-15-8-7-14(17(3,4)9-10-18)13-16(15)20-12-6-2/h7-8,13H,5-6,9-12,18H2,1-4H3. The van der Waals surface area contributed by atoms with Gasteiger partial charge >= 0.3 is 0 Å². The molecule has 2 N–H and O–H groups in total. The first kappa shape index (κ1) is 16.8. The van der Waals surface area contributed by atoms with E-state index in [1.54, 1.807) is 0 Å². The monoisotopic (exact) mass is 279 g/mol. The summed E-state index contributed by atoms with van der Waals surface area (Å²) in [5.74, 6) is 1.69. The SMILES string of the molecule is CCCOc1ccc(C(C)(C)CCN)cc1OCCC. The molecule has 1 rings (SSSR count). The largest absolute Gasteiger partial charge is 0.490 e. The van der Waals surface area contributed by atoms with Crippen LogP contribution in [-0.4, -0.2) is 19.8 Å². The van der Waals surface area contributed by atoms with Crippen LogP contribution in [0.2, 0.25) is 0 Å². The maximum absolute atomic E-state index is 5.84. The van der Waals surface area contributed by atoms with Gasteiger partial charge in [-0.05, 0) is 48.9 Å². The van der Waals surface area contributed by atoms with Crippen LogP contribution in [0.25, 0.3) is 0 Å². The number of hydrogen-bond acceptors (Lipinski definition) is 3. The lowest BCUT2D eigenvalue weighted by Crippen LogP contribution is -2.21. The Labute approximate surface area is 123 Å². The molecule has 1 aromatic rings. The fraction of sp³-hybridized carbons (Fsp3) is 0.647. The minimum absolute atomic E-state index is 0.0579. The normalized spacial score (nSPS) is 11.4. The van der Waals surface area contributed by atoms with Gasteiger partial charge in [-0.3, -0.25) is 0 Å². The Balaban J connectivity index is 2.99. The molecule has 0 amide bonds. The van der Waals surface area contributed by atoms with Crippen molar-refractivity contribution in [2.75, 3.05) is 19.8 Å². The van der Waals surface area contributed by atoms with Crippen molar-refractivity contribution in [3.63, 3.8) is 0 Å². The van der Waals surface area contributed by atoms with Crippen LogP contribution in [0.4, 0.5) is 0 Å². The predicted octanol–water partition coefficient (Wildman–Crippen LogP) is 3.89. The van der Waals surface area contributed by atoms with E-state index in [2.05, 4.69) is 39.8 Å². The van der Waals surface area contributed by atoms with E-state index in [1.807, 2.05) is 6.07 Å². The lowest BCUT2D eigenvalue weighted by atomic mass is 9.81. The molecule has 0 saturated carbocycles. The van der Waals surface area contributed by atoms with Crippen LogP contribution in [0.1, 0.15) is 52.5 Å². The summed E-state index contributed by atoms with van der Waals surface area (Å²) < 4.78 is 11.6. The summed E-state index contributed by atoms with van der Waals surface area (Å²) in [6.45, 7) is 10.8. The van der Waals surface area contributed by atoms with Gasteiger partial charge in [-0.25, -0.2) is 0 Å². The zero-order valence-electron chi connectivity index (χ0n) is 13.4. The molecule has 0 radical (unpaired) electrons. The van der Waals surface area contributed by atoms with Crippen LogP contribution in [0, 0.1) is 0 Å². The first-order valence-corrected chi connectivity index (χ1v) is 7.65. The van der Waals surface area contributed by atoms with Gasteiger partial charge in [0, 0.05) is 0 Å². The van der Waals surface area contributed by atoms with Gasteiger partial charge in [0.05, 0.1) is 13.2 Å². The quantitative estimate of drug-likeness (QED) is 0.746. The Morgan fingerprint density at radius 3 is 2.15 bits per heavy atom. The minimum Gasteiger partial charge on any atom is -0.490 e. The van der Waals surface area contributed by atoms with Crippen molar-refractivity contribution in [2.45, 2.75) is 52.4 Å². The van der Waals surface area contributed by atoms with Crippen LogP contribution in [0.15, 0.2) is 18.2 Å². The molecule has 0 fully saturated rings. The van der Waals surface area contributed by atoms with Crippen molar-refractivity contribution in [2.24, 2.45) is 5.73 Å². The molecular formula is C17H29NO2. The predicted molar refractivity (Wildman–Crippen MR) is 84.7 cm³/mol. The second-order valence-corrected chi connectivity index (χ2v) is 5.78. The molecule has 0 atom stereocenters. The highest BCUT2D eigenvalue weighted by Crippen LogP contribution is 2.35. The fourth-order valence-electron chi connectivity index (χ4n) is 2.09. The second-order valence-electron chi connectivity index (χ2n) is 5.78. The van der Waals surface area contributed by atoms with E-state index in [0.29, 0.717) is 19.8 Å². The maximum atomic E-state index is 5.84. The molecule has 0 aliphatic carbocycles. The highest BCUT2D eigenvalue weighted by molar-refractivity contribution is 5.45. The molecular weight excluding hydrogens is 250 g/mol. The first-order chi connectivity index (χ1) is 9.55. The van der Waals surface area contributed by atoms with Crippen LogP contribution in [0.5, 0.6) is 11.5 Å². The van der Waals surface area contributed by atoms with Gasteiger partial charge in [-0.15, -0.1) is 0 Å². The first-order valence-electron chi connectivity index (χ1n) is 7.65. The number of hydrogen-bond donors (Lipinski definition) is 1. The molecule has 0 heterocycles. The lowest BCUT2D eigenvalue weighted by molar-refractivity contribution is 0.267. The lowest BCUT2D eigenvalue weighted by Gasteiger charge is -2.26. The van der Waals surface area contributed by atoms with Crippen molar-refractivity contribution < 1.29 is 9.47 Å². The van der Waals surface area contributed by atoms with Crippen LogP contribution < -0.4 is 15.2 Å².